The lowest BCUT2D eigenvalue weighted by Crippen LogP contribution is -2.35. The fraction of sp³-hybridized carbons (Fsp3) is 0.492. The van der Waals surface area contributed by atoms with E-state index in [-0.39, 0.29) is 81.0 Å². The van der Waals surface area contributed by atoms with E-state index in [4.69, 9.17) is 127 Å². The second kappa shape index (κ2) is 36.2. The summed E-state index contributed by atoms with van der Waals surface area (Å²) in [5, 5.41) is 51.7. The van der Waals surface area contributed by atoms with E-state index in [9.17, 15) is 72.4 Å². The molecule has 0 aromatic carbocycles. The Morgan fingerprint density at radius 3 is 1.39 bits per heavy atom. The van der Waals surface area contributed by atoms with Crippen LogP contribution in [-0.4, -0.2) is 288 Å². The van der Waals surface area contributed by atoms with Crippen LogP contribution >= 0.6 is 91.2 Å². The maximum absolute atomic E-state index is 16.0. The summed E-state index contributed by atoms with van der Waals surface area (Å²) >= 11 is 17.6. The first kappa shape index (κ1) is 94.2. The van der Waals surface area contributed by atoms with Crippen LogP contribution in [0.5, 0.6) is 0 Å². The number of imidazole rings is 2. The predicted molar refractivity (Wildman–Crippen MR) is 467 cm³/mol. The molecule has 21 rings (SSSR count). The summed E-state index contributed by atoms with van der Waals surface area (Å²) in [4.78, 5) is 131. The summed E-state index contributed by atoms with van der Waals surface area (Å²) in [5.41, 5.74) is 35.3. The molecule has 72 heteroatoms. The molecule has 714 valence electrons. The van der Waals surface area contributed by atoms with E-state index in [2.05, 4.69) is 97.9 Å². The maximum atomic E-state index is 16.0. The van der Waals surface area contributed by atoms with Crippen molar-refractivity contribution in [1.29, 1.82) is 0 Å². The number of nitrogens with zero attached hydrogens (tertiary/aromatic N) is 20. The van der Waals surface area contributed by atoms with E-state index in [1.807, 2.05) is 0 Å². The Morgan fingerprint density at radius 1 is 0.459 bits per heavy atom. The number of pyridine rings is 1. The smallest absolute Gasteiger partial charge is 0.397 e. The zero-order chi connectivity index (χ0) is 93.8. The number of aromatic nitrogens is 23. The highest BCUT2D eigenvalue weighted by Crippen LogP contribution is 2.63. The number of halogens is 1. The number of nitrogen functional groups attached to an aromatic ring is 6. The zero-order valence-electron chi connectivity index (χ0n) is 66.6. The van der Waals surface area contributed by atoms with Gasteiger partial charge in [-0.05, 0) is 41.8 Å². The molecule has 21 heterocycles. The molecule has 133 heavy (non-hydrogen) atoms. The molecule has 59 nitrogen and oxygen atoms in total. The fourth-order valence-electron chi connectivity index (χ4n) is 15.8. The largest absolute Gasteiger partial charge is 0.472 e. The monoisotopic (exact) mass is 2090 g/mol. The lowest BCUT2D eigenvalue weighted by Gasteiger charge is -2.27. The van der Waals surface area contributed by atoms with Crippen molar-refractivity contribution in [2.24, 2.45) is 0 Å². The number of phosphoric ester groups is 3. The van der Waals surface area contributed by atoms with Gasteiger partial charge in [-0.2, -0.15) is 34.2 Å². The van der Waals surface area contributed by atoms with Crippen LogP contribution < -0.4 is 51.1 Å². The number of thioether (sulfide) groups is 3. The van der Waals surface area contributed by atoms with Crippen LogP contribution in [0.1, 0.15) is 58.5 Å². The topological polar surface area (TPSA) is 832 Å². The highest BCUT2D eigenvalue weighted by molar-refractivity contribution is 8.44. The molecular weight excluding hydrogens is 2020 g/mol. The second-order valence-electron chi connectivity index (χ2n) is 30.4. The van der Waals surface area contributed by atoms with Gasteiger partial charge in [0.05, 0.1) is 117 Å². The fourth-order valence-corrected chi connectivity index (χ4v) is 28.0. The van der Waals surface area contributed by atoms with E-state index < -0.39 is 230 Å². The number of H-pyrrole nitrogens is 3. The van der Waals surface area contributed by atoms with Crippen molar-refractivity contribution in [2.45, 2.75) is 143 Å². The van der Waals surface area contributed by atoms with E-state index in [0.29, 0.717) is 34.1 Å². The molecule has 23 N–H and O–H groups in total. The van der Waals surface area contributed by atoms with E-state index in [0.717, 1.165) is 40.0 Å². The van der Waals surface area contributed by atoms with Crippen molar-refractivity contribution < 1.29 is 131 Å². The molecule has 0 aliphatic carbocycles. The Hall–Kier alpha value is -7.80. The predicted octanol–water partition coefficient (Wildman–Crippen LogP) is -0.383. The Labute approximate surface area is 766 Å². The number of fused-ring (bicyclic) bond motifs is 15. The number of thiol groups is 1. The molecule has 6 unspecified atom stereocenters. The van der Waals surface area contributed by atoms with E-state index in [1.54, 1.807) is 12.1 Å². The van der Waals surface area contributed by atoms with Gasteiger partial charge in [-0.3, -0.25) is 83.7 Å². The first-order valence-electron chi connectivity index (χ1n) is 38.8. The quantitative estimate of drug-likeness (QED) is 0.0745. The molecule has 28 atom stereocenters. The number of aliphatic hydroxyl groups is 3. The number of ether oxygens (including phenoxy) is 3. The van der Waals surface area contributed by atoms with Gasteiger partial charge in [0.25, 0.3) is 16.7 Å². The van der Waals surface area contributed by atoms with Gasteiger partial charge in [0.2, 0.25) is 17.8 Å². The number of aromatic amines is 3. The van der Waals surface area contributed by atoms with Gasteiger partial charge in [0.15, 0.2) is 62.8 Å². The lowest BCUT2D eigenvalue weighted by atomic mass is 10.1. The summed E-state index contributed by atoms with van der Waals surface area (Å²) in [7, 11) is -14.5. The van der Waals surface area contributed by atoms with Gasteiger partial charge >= 0.3 is 43.7 Å². The van der Waals surface area contributed by atoms with Crippen LogP contribution in [0.4, 0.5) is 39.6 Å². The number of nitrogens with two attached hydrogens (primary N) is 6. The molecule has 9 fully saturated rings. The standard InChI is InChI=1S/C21H24FN9O10P2S2.2C20H24N10O10P2S2/c22-10-14-8(39-19(10)30-5-26-11-7(23)1-2-25-16(11)30)3-38-43(36,44)41-15-13(32)9(4-37-42(34,35)40-14)45-20(15)31-6-27-12-17(31)28-21(24)29-18(12)33;2*21-12-1-2-23-16-7(4-24-29(12)16)8-3-9-10(38-8)5-37-42(35,43)40-15-14(31)11(6-36-41(33,34)39-9)44-19(15)30-17-13(27-28-30)18(32)26-20(22)25-17/h1-2,5-6,8-10,13-15,19-20,32H,3-4H2,(H2,23,25)(H,34,35)(H,36,44)(H3,24,28,29,33);2*1-2,4,8-11,14-15,19,31H,3,5-6,21H2,(H,33,34)(H,35,43)(H3,22,25,26,32)/t8-,9-,10+,13-,14-,15-,19-,20-,43?;2*8-,9+,10-,11-,14-,15-,19-,42?/m111/s1. The van der Waals surface area contributed by atoms with Crippen LogP contribution in [0.25, 0.3) is 55.9 Å². The number of alkyl halides is 1. The number of aliphatic hydroxyl groups excluding tert-OH is 3. The minimum Gasteiger partial charge on any atom is -0.397 e. The van der Waals surface area contributed by atoms with E-state index in [1.165, 1.54) is 72.6 Å². The van der Waals surface area contributed by atoms with Crippen molar-refractivity contribution in [1.82, 2.24) is 113 Å². The second-order valence-corrected chi connectivity index (χ2v) is 47.1. The molecule has 0 spiro atoms. The maximum Gasteiger partial charge on any atom is 0.472 e. The minimum atomic E-state index is -5.02. The van der Waals surface area contributed by atoms with Crippen LogP contribution in [0.3, 0.4) is 0 Å². The highest BCUT2D eigenvalue weighted by Gasteiger charge is 2.58. The third-order valence-corrected chi connectivity index (χ3v) is 34.2. The molecule has 9 saturated heterocycles. The lowest BCUT2D eigenvalue weighted by molar-refractivity contribution is -0.0461. The molecule has 0 radical (unpaired) electrons. The molecule has 0 amide bonds. The number of nitrogens with one attached hydrogen (secondary N) is 3. The molecule has 0 saturated carbocycles. The van der Waals surface area contributed by atoms with Crippen molar-refractivity contribution in [3.05, 3.63) is 104 Å². The molecule has 6 bridgehead atoms. The number of rotatable bonds is 6. The average molecular weight is 2090 g/mol. The van der Waals surface area contributed by atoms with Crippen molar-refractivity contribution in [3.63, 3.8) is 0 Å². The Kier molecular flexibility index (Phi) is 25.6. The molecule has 12 aromatic rings. The van der Waals surface area contributed by atoms with Crippen LogP contribution in [0.15, 0.2) is 76.2 Å². The van der Waals surface area contributed by atoms with Crippen LogP contribution in [0, 0.1) is 0 Å². The zero-order valence-corrected chi connectivity index (χ0v) is 77.0. The van der Waals surface area contributed by atoms with Crippen LogP contribution in [-0.2, 0) is 110 Å². The molecule has 12 aromatic heterocycles. The number of phosphoric acid groups is 3. The Bertz CT molecular complexity index is 6780. The number of hydrogen-bond acceptors (Lipinski definition) is 50. The van der Waals surface area contributed by atoms with Gasteiger partial charge in [-0.1, -0.05) is 22.7 Å². The summed E-state index contributed by atoms with van der Waals surface area (Å²) in [6, 6.07) is 4.65. The Balaban J connectivity index is 0.000000129. The summed E-state index contributed by atoms with van der Waals surface area (Å²) in [6.07, 6.45) is -10.7. The number of anilines is 6. The minimum absolute atomic E-state index is 0.0334. The van der Waals surface area contributed by atoms with E-state index >= 15 is 4.39 Å². The van der Waals surface area contributed by atoms with Gasteiger partial charge in [0.1, 0.15) is 88.2 Å². The number of hydrogen-bond donors (Lipinski definition) is 18. The van der Waals surface area contributed by atoms with Crippen molar-refractivity contribution in [3.8, 4) is 0 Å². The molecular formula is C61H72FN29O30P6S6. The highest BCUT2D eigenvalue weighted by atomic mass is 32.7. The van der Waals surface area contributed by atoms with Gasteiger partial charge in [-0.15, -0.1) is 45.5 Å². The van der Waals surface area contributed by atoms with Crippen molar-refractivity contribution >= 4 is 206 Å². The SMILES string of the molecule is Nc1nc2c(ncn2[C@@H]2S[C@@H]3COP(=O)(O)O[C@H]4[C@H](F)[C@H](n5cnc6c(N)ccnc65)O[C@@H]4COP(O)(=S)O[C@@H]2[C@@H]3O)c(=O)[nH]1.Nc1nc2c(nnn2[C@@H]2S[C@@H]3COP(=O)(O)O[C@H]4C[C@H](c5cnn6c(N)ccnc56)O[C@@H]4COP(=O)(S)O[C@@H]2[C@@H]3O)c(=O)[nH]1.Nc1nc2c(nnn2[C@@H]2S[C@@H]3COP(=O)(O)O[C@H]4C[C@H](c5cnn6c(N)ccnc56)O[C@@H]4COP(O)(=S)O[C@@H]2[C@@H]3O)c(=O)[nH]1. The first-order chi connectivity index (χ1) is 63.1. The molecule has 9 aliphatic heterocycles. The Morgan fingerprint density at radius 2 is 0.880 bits per heavy atom. The van der Waals surface area contributed by atoms with Gasteiger partial charge in [0, 0.05) is 42.6 Å². The normalized spacial score (nSPS) is 36.9. The van der Waals surface area contributed by atoms with Crippen LogP contribution in [0.2, 0.25) is 0 Å². The molecule has 9 aliphatic rings. The summed E-state index contributed by atoms with van der Waals surface area (Å²) < 4.78 is 161. The third kappa shape index (κ3) is 18.8. The third-order valence-electron chi connectivity index (χ3n) is 21.9. The average Bonchev–Trinajstić information content (AvgIpc) is 1.61. The van der Waals surface area contributed by atoms with Crippen molar-refractivity contribution in [2.75, 3.05) is 74.0 Å². The first-order valence-corrected chi connectivity index (χ1v) is 54.0. The van der Waals surface area contributed by atoms with Gasteiger partial charge < -0.3 is 97.4 Å². The summed E-state index contributed by atoms with van der Waals surface area (Å²) in [6.45, 7) is -15.8. The van der Waals surface area contributed by atoms with Gasteiger partial charge in [-0.25, -0.2) is 56.9 Å². The summed E-state index contributed by atoms with van der Waals surface area (Å²) in [5.74, 6) is 0.0375.